The van der Waals surface area contributed by atoms with Crippen molar-refractivity contribution in [3.05, 3.63) is 5.69 Å². The first kappa shape index (κ1) is 16.7. The van der Waals surface area contributed by atoms with E-state index in [0.29, 0.717) is 5.69 Å². The molecule has 0 saturated heterocycles. The van der Waals surface area contributed by atoms with E-state index in [1.54, 1.807) is 0 Å². The van der Waals surface area contributed by atoms with E-state index in [2.05, 4.69) is 14.6 Å². The summed E-state index contributed by atoms with van der Waals surface area (Å²) in [7, 11) is -2.41. The highest BCUT2D eigenvalue weighted by molar-refractivity contribution is 7.89. The van der Waals surface area contributed by atoms with Gasteiger partial charge >= 0.3 is 6.18 Å². The standard InChI is InChI=1S/C9H15F3N4O3S/c1-6-7(8(13)15-16(6)2)20(17,18)14-3-4-19-5-9(10,11)12/h14H,3-5H2,1-2H3,(H2,13,15). The fourth-order valence-corrected chi connectivity index (χ4v) is 2.79. The van der Waals surface area contributed by atoms with Gasteiger partial charge in [0.1, 0.15) is 11.5 Å². The van der Waals surface area contributed by atoms with E-state index in [-0.39, 0.29) is 17.3 Å². The number of ether oxygens (including phenoxy) is 1. The van der Waals surface area contributed by atoms with Crippen LogP contribution in [0.5, 0.6) is 0 Å². The van der Waals surface area contributed by atoms with Crippen molar-refractivity contribution in [1.29, 1.82) is 0 Å². The van der Waals surface area contributed by atoms with E-state index in [0.717, 1.165) is 0 Å². The zero-order valence-electron chi connectivity index (χ0n) is 10.9. The average Bonchev–Trinajstić information content (AvgIpc) is 2.51. The minimum atomic E-state index is -4.44. The van der Waals surface area contributed by atoms with Crippen LogP contribution in [0.1, 0.15) is 5.69 Å². The molecule has 1 heterocycles. The van der Waals surface area contributed by atoms with Crippen LogP contribution in [0.25, 0.3) is 0 Å². The van der Waals surface area contributed by atoms with Crippen LogP contribution in [0.15, 0.2) is 4.90 Å². The molecule has 0 unspecified atom stereocenters. The molecule has 0 amide bonds. The molecule has 1 aromatic heterocycles. The summed E-state index contributed by atoms with van der Waals surface area (Å²) in [6.45, 7) is -0.620. The third-order valence-electron chi connectivity index (χ3n) is 2.38. The Hall–Kier alpha value is -1.33. The van der Waals surface area contributed by atoms with Crippen molar-refractivity contribution in [3.63, 3.8) is 0 Å². The average molecular weight is 316 g/mol. The van der Waals surface area contributed by atoms with Gasteiger partial charge in [0.2, 0.25) is 10.0 Å². The molecule has 0 bridgehead atoms. The molecule has 0 aliphatic carbocycles. The lowest BCUT2D eigenvalue weighted by molar-refractivity contribution is -0.173. The third-order valence-corrected chi connectivity index (χ3v) is 4.00. The molecular weight excluding hydrogens is 301 g/mol. The van der Waals surface area contributed by atoms with Gasteiger partial charge < -0.3 is 10.5 Å². The number of aryl methyl sites for hydroxylation is 1. The first-order valence-corrected chi connectivity index (χ1v) is 6.96. The topological polar surface area (TPSA) is 99.2 Å². The maximum absolute atomic E-state index is 11.9. The second kappa shape index (κ2) is 5.97. The number of nitrogens with one attached hydrogen (secondary N) is 1. The molecule has 0 radical (unpaired) electrons. The van der Waals surface area contributed by atoms with Gasteiger partial charge in [-0.1, -0.05) is 0 Å². The molecule has 11 heteroatoms. The van der Waals surface area contributed by atoms with Gasteiger partial charge in [0.25, 0.3) is 0 Å². The lowest BCUT2D eigenvalue weighted by Gasteiger charge is -2.09. The second-order valence-electron chi connectivity index (χ2n) is 3.99. The molecule has 7 nitrogen and oxygen atoms in total. The summed E-state index contributed by atoms with van der Waals surface area (Å²) in [5.74, 6) is -0.172. The number of nitrogens with zero attached hydrogens (tertiary/aromatic N) is 2. The number of sulfonamides is 1. The van der Waals surface area contributed by atoms with Crippen LogP contribution in [-0.2, 0) is 21.8 Å². The molecule has 0 fully saturated rings. The molecule has 0 atom stereocenters. The van der Waals surface area contributed by atoms with E-state index in [4.69, 9.17) is 5.73 Å². The summed E-state index contributed by atoms with van der Waals surface area (Å²) in [4.78, 5) is -0.184. The first-order valence-electron chi connectivity index (χ1n) is 5.48. The maximum atomic E-state index is 11.9. The number of nitrogens with two attached hydrogens (primary N) is 1. The Kier molecular flexibility index (Phi) is 5.00. The number of nitrogen functional groups attached to an aromatic ring is 1. The number of halogens is 3. The fraction of sp³-hybridized carbons (Fsp3) is 0.667. The molecule has 0 spiro atoms. The molecule has 20 heavy (non-hydrogen) atoms. The number of aromatic nitrogens is 2. The van der Waals surface area contributed by atoms with Crippen LogP contribution in [-0.4, -0.2) is 44.1 Å². The van der Waals surface area contributed by atoms with Crippen LogP contribution >= 0.6 is 0 Å². The van der Waals surface area contributed by atoms with Gasteiger partial charge in [-0.2, -0.15) is 18.3 Å². The Morgan fingerprint density at radius 3 is 2.50 bits per heavy atom. The molecule has 1 aromatic rings. The van der Waals surface area contributed by atoms with Gasteiger partial charge in [0.15, 0.2) is 5.82 Å². The zero-order chi connectivity index (χ0) is 15.6. The number of alkyl halides is 3. The lowest BCUT2D eigenvalue weighted by atomic mass is 10.5. The van der Waals surface area contributed by atoms with Crippen molar-refractivity contribution in [2.75, 3.05) is 25.5 Å². The van der Waals surface area contributed by atoms with Gasteiger partial charge in [-0.05, 0) is 6.92 Å². The minimum absolute atomic E-state index is 0.172. The normalized spacial score (nSPS) is 12.8. The van der Waals surface area contributed by atoms with Crippen LogP contribution in [0.2, 0.25) is 0 Å². The third kappa shape index (κ3) is 4.35. The van der Waals surface area contributed by atoms with Gasteiger partial charge in [0.05, 0.1) is 12.3 Å². The minimum Gasteiger partial charge on any atom is -0.381 e. The Labute approximate surface area is 113 Å². The first-order chi connectivity index (χ1) is 9.04. The highest BCUT2D eigenvalue weighted by Crippen LogP contribution is 2.20. The van der Waals surface area contributed by atoms with Crippen LogP contribution in [0.3, 0.4) is 0 Å². The molecule has 1 rings (SSSR count). The second-order valence-corrected chi connectivity index (χ2v) is 5.69. The van der Waals surface area contributed by atoms with Gasteiger partial charge in [0, 0.05) is 13.6 Å². The number of hydrogen-bond acceptors (Lipinski definition) is 5. The number of hydrogen-bond donors (Lipinski definition) is 2. The highest BCUT2D eigenvalue weighted by Gasteiger charge is 2.28. The van der Waals surface area contributed by atoms with Crippen molar-refractivity contribution >= 4 is 15.8 Å². The van der Waals surface area contributed by atoms with Crippen molar-refractivity contribution in [1.82, 2.24) is 14.5 Å². The summed E-state index contributed by atoms with van der Waals surface area (Å²) < 4.78 is 66.9. The maximum Gasteiger partial charge on any atom is 0.411 e. The predicted octanol–water partition coefficient (Wildman–Crippen LogP) is 0.168. The van der Waals surface area contributed by atoms with Crippen molar-refractivity contribution in [3.8, 4) is 0 Å². The van der Waals surface area contributed by atoms with Crippen molar-refractivity contribution in [2.45, 2.75) is 18.0 Å². The summed E-state index contributed by atoms with van der Waals surface area (Å²) >= 11 is 0. The summed E-state index contributed by atoms with van der Waals surface area (Å²) in [5, 5.41) is 3.75. The molecule has 0 saturated carbocycles. The van der Waals surface area contributed by atoms with Gasteiger partial charge in [-0.25, -0.2) is 13.1 Å². The molecule has 0 aromatic carbocycles. The Bertz CT molecular complexity index is 568. The van der Waals surface area contributed by atoms with Gasteiger partial charge in [-0.15, -0.1) is 0 Å². The molecule has 116 valence electrons. The molecule has 0 aliphatic heterocycles. The Morgan fingerprint density at radius 2 is 2.05 bits per heavy atom. The van der Waals surface area contributed by atoms with Crippen molar-refractivity contribution in [2.24, 2.45) is 7.05 Å². The summed E-state index contributed by atoms with van der Waals surface area (Å²) in [6, 6.07) is 0. The van der Waals surface area contributed by atoms with E-state index < -0.39 is 29.4 Å². The van der Waals surface area contributed by atoms with Crippen LogP contribution in [0, 0.1) is 6.92 Å². The van der Waals surface area contributed by atoms with E-state index in [9.17, 15) is 21.6 Å². The monoisotopic (exact) mass is 316 g/mol. The number of anilines is 1. The van der Waals surface area contributed by atoms with E-state index in [1.165, 1.54) is 18.7 Å². The summed E-state index contributed by atoms with van der Waals surface area (Å²) in [5.41, 5.74) is 5.81. The van der Waals surface area contributed by atoms with Crippen LogP contribution in [0.4, 0.5) is 19.0 Å². The largest absolute Gasteiger partial charge is 0.411 e. The predicted molar refractivity (Wildman–Crippen MR) is 64.4 cm³/mol. The molecular formula is C9H15F3N4O3S. The van der Waals surface area contributed by atoms with Crippen LogP contribution < -0.4 is 10.5 Å². The number of rotatable bonds is 6. The summed E-state index contributed by atoms with van der Waals surface area (Å²) in [6.07, 6.45) is -4.44. The Morgan fingerprint density at radius 1 is 1.45 bits per heavy atom. The quantitative estimate of drug-likeness (QED) is 0.729. The fourth-order valence-electron chi connectivity index (χ4n) is 1.45. The SMILES string of the molecule is Cc1c(S(=O)(=O)NCCOCC(F)(F)F)c(N)nn1C. The highest BCUT2D eigenvalue weighted by atomic mass is 32.2. The molecule has 3 N–H and O–H groups in total. The lowest BCUT2D eigenvalue weighted by Crippen LogP contribution is -2.29. The Balaban J connectivity index is 2.59. The van der Waals surface area contributed by atoms with E-state index >= 15 is 0 Å². The zero-order valence-corrected chi connectivity index (χ0v) is 11.7. The smallest absolute Gasteiger partial charge is 0.381 e. The van der Waals surface area contributed by atoms with E-state index in [1.807, 2.05) is 0 Å². The molecule has 0 aliphatic rings. The van der Waals surface area contributed by atoms with Gasteiger partial charge in [-0.3, -0.25) is 4.68 Å². The van der Waals surface area contributed by atoms with Crippen molar-refractivity contribution < 1.29 is 26.3 Å².